The van der Waals surface area contributed by atoms with Crippen LogP contribution in [0.15, 0.2) is 17.0 Å². The van der Waals surface area contributed by atoms with Gasteiger partial charge in [-0.3, -0.25) is 9.69 Å². The van der Waals surface area contributed by atoms with Crippen molar-refractivity contribution >= 4 is 16.0 Å². The van der Waals surface area contributed by atoms with Crippen molar-refractivity contribution in [3.05, 3.63) is 23.3 Å². The highest BCUT2D eigenvalue weighted by Crippen LogP contribution is 2.30. The Balaban J connectivity index is 2.20. The standard InChI is InChI=1S/C18H28N2O5S/c1-13-14(2)17(8-7-16(13)25-4)26(23,24)20-10-5-6-15(9-11-20)19(3)12-18(21)22/h7-8,15H,5-6,9-12H2,1-4H3,(H,21,22). The second kappa shape index (κ2) is 8.37. The molecule has 0 saturated carbocycles. The molecule has 1 aromatic carbocycles. The van der Waals surface area contributed by atoms with E-state index in [-0.39, 0.29) is 12.6 Å². The van der Waals surface area contributed by atoms with Gasteiger partial charge in [-0.15, -0.1) is 0 Å². The molecule has 8 heteroatoms. The quantitative estimate of drug-likeness (QED) is 0.806. The zero-order valence-corrected chi connectivity index (χ0v) is 16.7. The van der Waals surface area contributed by atoms with Crippen LogP contribution in [0.25, 0.3) is 0 Å². The van der Waals surface area contributed by atoms with Gasteiger partial charge >= 0.3 is 5.97 Å². The number of ether oxygens (including phenoxy) is 1. The fraction of sp³-hybridized carbons (Fsp3) is 0.611. The minimum atomic E-state index is -3.59. The smallest absolute Gasteiger partial charge is 0.317 e. The minimum absolute atomic E-state index is 0.0335. The van der Waals surface area contributed by atoms with Gasteiger partial charge in [-0.05, 0) is 63.4 Å². The molecule has 0 aliphatic carbocycles. The predicted molar refractivity (Wildman–Crippen MR) is 99.1 cm³/mol. The second-order valence-electron chi connectivity index (χ2n) is 6.81. The number of hydrogen-bond donors (Lipinski definition) is 1. The van der Waals surface area contributed by atoms with E-state index in [2.05, 4.69) is 0 Å². The first-order valence-electron chi connectivity index (χ1n) is 8.74. The van der Waals surface area contributed by atoms with Crippen LogP contribution in [0, 0.1) is 13.8 Å². The summed E-state index contributed by atoms with van der Waals surface area (Å²) in [6, 6.07) is 3.37. The molecule has 1 unspecified atom stereocenters. The summed E-state index contributed by atoms with van der Waals surface area (Å²) >= 11 is 0. The van der Waals surface area contributed by atoms with Crippen molar-refractivity contribution in [3.63, 3.8) is 0 Å². The van der Waals surface area contributed by atoms with Crippen molar-refractivity contribution in [2.75, 3.05) is 33.8 Å². The van der Waals surface area contributed by atoms with Gasteiger partial charge in [-0.25, -0.2) is 8.42 Å². The Labute approximate surface area is 155 Å². The zero-order chi connectivity index (χ0) is 19.5. The van der Waals surface area contributed by atoms with Gasteiger partial charge in [0.25, 0.3) is 0 Å². The minimum Gasteiger partial charge on any atom is -0.496 e. The molecule has 146 valence electrons. The summed E-state index contributed by atoms with van der Waals surface area (Å²) in [6.45, 7) is 4.46. The molecular weight excluding hydrogens is 356 g/mol. The Morgan fingerprint density at radius 2 is 1.96 bits per heavy atom. The lowest BCUT2D eigenvalue weighted by Crippen LogP contribution is -2.37. The number of nitrogens with zero attached hydrogens (tertiary/aromatic N) is 2. The van der Waals surface area contributed by atoms with Gasteiger partial charge in [-0.2, -0.15) is 4.31 Å². The van der Waals surface area contributed by atoms with Crippen LogP contribution in [0.2, 0.25) is 0 Å². The van der Waals surface area contributed by atoms with E-state index in [1.807, 2.05) is 6.92 Å². The number of benzene rings is 1. The first kappa shape index (κ1) is 20.7. The number of sulfonamides is 1. The van der Waals surface area contributed by atoms with E-state index in [1.54, 1.807) is 38.1 Å². The molecule has 0 spiro atoms. The topological polar surface area (TPSA) is 87.2 Å². The third-order valence-corrected chi connectivity index (χ3v) is 7.23. The average Bonchev–Trinajstić information content (AvgIpc) is 2.83. The number of carboxylic acid groups (broad SMARTS) is 1. The third-order valence-electron chi connectivity index (χ3n) is 5.19. The van der Waals surface area contributed by atoms with Crippen molar-refractivity contribution in [1.82, 2.24) is 9.21 Å². The molecule has 1 aliphatic heterocycles. The van der Waals surface area contributed by atoms with Crippen LogP contribution >= 0.6 is 0 Å². The summed E-state index contributed by atoms with van der Waals surface area (Å²) in [6.07, 6.45) is 2.12. The van der Waals surface area contributed by atoms with Gasteiger partial charge in [-0.1, -0.05) is 0 Å². The van der Waals surface area contributed by atoms with E-state index in [9.17, 15) is 13.2 Å². The fourth-order valence-corrected chi connectivity index (χ4v) is 5.26. The molecule has 1 heterocycles. The molecule has 1 saturated heterocycles. The number of hydrogen-bond acceptors (Lipinski definition) is 5. The lowest BCUT2D eigenvalue weighted by atomic mass is 10.1. The van der Waals surface area contributed by atoms with Crippen molar-refractivity contribution in [3.8, 4) is 5.75 Å². The molecule has 1 aliphatic rings. The van der Waals surface area contributed by atoms with Gasteiger partial charge < -0.3 is 9.84 Å². The van der Waals surface area contributed by atoms with Gasteiger partial charge in [0.05, 0.1) is 18.6 Å². The highest BCUT2D eigenvalue weighted by Gasteiger charge is 2.30. The van der Waals surface area contributed by atoms with Gasteiger partial charge in [0, 0.05) is 19.1 Å². The number of methoxy groups -OCH3 is 1. The number of likely N-dealkylation sites (N-methyl/N-ethyl adjacent to an activating group) is 1. The molecule has 1 aromatic rings. The van der Waals surface area contributed by atoms with E-state index in [4.69, 9.17) is 9.84 Å². The maximum absolute atomic E-state index is 13.1. The monoisotopic (exact) mass is 384 g/mol. The van der Waals surface area contributed by atoms with Crippen molar-refractivity contribution < 1.29 is 23.1 Å². The van der Waals surface area contributed by atoms with E-state index < -0.39 is 16.0 Å². The van der Waals surface area contributed by atoms with Crippen LogP contribution in [0.1, 0.15) is 30.4 Å². The van der Waals surface area contributed by atoms with E-state index in [1.165, 1.54) is 4.31 Å². The average molecular weight is 384 g/mol. The maximum atomic E-state index is 13.1. The van der Waals surface area contributed by atoms with Crippen LogP contribution in [0.4, 0.5) is 0 Å². The Morgan fingerprint density at radius 3 is 2.58 bits per heavy atom. The Hall–Kier alpha value is -1.64. The summed E-state index contributed by atoms with van der Waals surface area (Å²) in [5.74, 6) is -0.196. The van der Waals surface area contributed by atoms with Gasteiger partial charge in [0.15, 0.2) is 0 Å². The molecule has 7 nitrogen and oxygen atoms in total. The molecule has 1 fully saturated rings. The fourth-order valence-electron chi connectivity index (χ4n) is 3.49. The third kappa shape index (κ3) is 4.36. The highest BCUT2D eigenvalue weighted by atomic mass is 32.2. The summed E-state index contributed by atoms with van der Waals surface area (Å²) in [4.78, 5) is 13.0. The van der Waals surface area contributed by atoms with Crippen LogP contribution in [0.5, 0.6) is 5.75 Å². The van der Waals surface area contributed by atoms with Crippen molar-refractivity contribution in [2.24, 2.45) is 0 Å². The van der Waals surface area contributed by atoms with Crippen LogP contribution in [0.3, 0.4) is 0 Å². The largest absolute Gasteiger partial charge is 0.496 e. The van der Waals surface area contributed by atoms with Crippen molar-refractivity contribution in [1.29, 1.82) is 0 Å². The number of aliphatic carboxylic acids is 1. The predicted octanol–water partition coefficient (Wildman–Crippen LogP) is 1.87. The summed E-state index contributed by atoms with van der Waals surface area (Å²) < 4.78 is 33.1. The molecule has 1 atom stereocenters. The molecule has 1 N–H and O–H groups in total. The normalized spacial score (nSPS) is 19.3. The lowest BCUT2D eigenvalue weighted by Gasteiger charge is -2.26. The molecule has 0 aromatic heterocycles. The molecule has 0 radical (unpaired) electrons. The van der Waals surface area contributed by atoms with Crippen molar-refractivity contribution in [2.45, 2.75) is 44.0 Å². The summed E-state index contributed by atoms with van der Waals surface area (Å²) in [5, 5.41) is 8.96. The van der Waals surface area contributed by atoms with E-state index in [0.29, 0.717) is 42.1 Å². The van der Waals surface area contributed by atoms with E-state index in [0.717, 1.165) is 12.0 Å². The number of carbonyl (C=O) groups is 1. The Bertz CT molecular complexity index is 763. The molecule has 2 rings (SSSR count). The highest BCUT2D eigenvalue weighted by molar-refractivity contribution is 7.89. The van der Waals surface area contributed by atoms with Crippen LogP contribution in [-0.4, -0.2) is 68.5 Å². The Morgan fingerprint density at radius 1 is 1.27 bits per heavy atom. The second-order valence-corrected chi connectivity index (χ2v) is 8.72. The zero-order valence-electron chi connectivity index (χ0n) is 15.9. The van der Waals surface area contributed by atoms with Crippen LogP contribution < -0.4 is 4.74 Å². The maximum Gasteiger partial charge on any atom is 0.317 e. The molecule has 26 heavy (non-hydrogen) atoms. The van der Waals surface area contributed by atoms with Gasteiger partial charge in [0.1, 0.15) is 5.75 Å². The molecule has 0 amide bonds. The number of carboxylic acids is 1. The Kier molecular flexibility index (Phi) is 6.65. The SMILES string of the molecule is COc1ccc(S(=O)(=O)N2CCCC(N(C)CC(=O)O)CC2)c(C)c1C. The molecule has 0 bridgehead atoms. The molecular formula is C18H28N2O5S. The van der Waals surface area contributed by atoms with Gasteiger partial charge in [0.2, 0.25) is 10.0 Å². The van der Waals surface area contributed by atoms with E-state index >= 15 is 0 Å². The number of rotatable bonds is 6. The summed E-state index contributed by atoms with van der Waals surface area (Å²) in [5.41, 5.74) is 1.52. The first-order valence-corrected chi connectivity index (χ1v) is 10.2. The lowest BCUT2D eigenvalue weighted by molar-refractivity contribution is -0.138. The first-order chi connectivity index (χ1) is 12.2. The summed E-state index contributed by atoms with van der Waals surface area (Å²) in [7, 11) is -0.247. The van der Waals surface area contributed by atoms with Crippen LogP contribution in [-0.2, 0) is 14.8 Å².